The quantitative estimate of drug-likeness (QED) is 0.816. The van der Waals surface area contributed by atoms with Gasteiger partial charge in [-0.05, 0) is 23.3 Å². The maximum Gasteiger partial charge on any atom is 0.129 e. The zero-order valence-electron chi connectivity index (χ0n) is 9.05. The van der Waals surface area contributed by atoms with Crippen molar-refractivity contribution in [3.8, 4) is 0 Å². The number of hydrogen-bond acceptors (Lipinski definition) is 4. The predicted molar refractivity (Wildman–Crippen MR) is 66.6 cm³/mol. The first kappa shape index (κ1) is 11.8. The van der Waals surface area contributed by atoms with Crippen molar-refractivity contribution in [1.29, 1.82) is 0 Å². The maximum absolute atomic E-state index is 10.0. The van der Waals surface area contributed by atoms with E-state index >= 15 is 0 Å². The topological polar surface area (TPSA) is 72.0 Å². The van der Waals surface area contributed by atoms with Crippen molar-refractivity contribution in [2.75, 3.05) is 5.73 Å². The average Bonchev–Trinajstić information content (AvgIpc) is 2.33. The third-order valence-corrected chi connectivity index (χ3v) is 2.70. The molecular formula is C12H12ClN3O. The molecule has 3 N–H and O–H groups in total. The SMILES string of the molecule is Nc1ncccc1CC(O)c1ccc(Cl)nc1. The van der Waals surface area contributed by atoms with Gasteiger partial charge in [-0.2, -0.15) is 0 Å². The van der Waals surface area contributed by atoms with Gasteiger partial charge in [-0.15, -0.1) is 0 Å². The molecule has 17 heavy (non-hydrogen) atoms. The Balaban J connectivity index is 2.14. The lowest BCUT2D eigenvalue weighted by Crippen LogP contribution is -2.05. The zero-order chi connectivity index (χ0) is 12.3. The van der Waals surface area contributed by atoms with Gasteiger partial charge in [0.2, 0.25) is 0 Å². The van der Waals surface area contributed by atoms with Gasteiger partial charge in [0, 0.05) is 18.8 Å². The van der Waals surface area contributed by atoms with Crippen LogP contribution in [-0.2, 0) is 6.42 Å². The second kappa shape index (κ2) is 5.12. The van der Waals surface area contributed by atoms with Crippen LogP contribution in [0.15, 0.2) is 36.7 Å². The Morgan fingerprint density at radius 2 is 2.12 bits per heavy atom. The van der Waals surface area contributed by atoms with Gasteiger partial charge in [0.15, 0.2) is 0 Å². The van der Waals surface area contributed by atoms with Crippen LogP contribution >= 0.6 is 11.6 Å². The van der Waals surface area contributed by atoms with Crippen LogP contribution in [0.25, 0.3) is 0 Å². The van der Waals surface area contributed by atoms with Crippen molar-refractivity contribution in [3.05, 3.63) is 52.9 Å². The van der Waals surface area contributed by atoms with E-state index in [4.69, 9.17) is 17.3 Å². The molecule has 2 heterocycles. The Hall–Kier alpha value is -1.65. The molecule has 0 radical (unpaired) electrons. The lowest BCUT2D eigenvalue weighted by Gasteiger charge is -2.11. The van der Waals surface area contributed by atoms with Gasteiger partial charge in [0.05, 0.1) is 6.10 Å². The van der Waals surface area contributed by atoms with Crippen LogP contribution < -0.4 is 5.73 Å². The number of anilines is 1. The molecule has 0 aromatic carbocycles. The molecule has 0 aliphatic heterocycles. The summed E-state index contributed by atoms with van der Waals surface area (Å²) in [6.45, 7) is 0. The van der Waals surface area contributed by atoms with Crippen molar-refractivity contribution >= 4 is 17.4 Å². The minimum atomic E-state index is -0.661. The number of nitrogens with zero attached hydrogens (tertiary/aromatic N) is 2. The number of aliphatic hydroxyl groups excluding tert-OH is 1. The lowest BCUT2D eigenvalue weighted by molar-refractivity contribution is 0.178. The molecule has 1 atom stereocenters. The van der Waals surface area contributed by atoms with Gasteiger partial charge >= 0.3 is 0 Å². The van der Waals surface area contributed by atoms with Crippen molar-refractivity contribution in [2.45, 2.75) is 12.5 Å². The van der Waals surface area contributed by atoms with E-state index in [-0.39, 0.29) is 0 Å². The molecule has 0 bridgehead atoms. The average molecular weight is 250 g/mol. The highest BCUT2D eigenvalue weighted by atomic mass is 35.5. The summed E-state index contributed by atoms with van der Waals surface area (Å²) in [6, 6.07) is 7.02. The van der Waals surface area contributed by atoms with E-state index in [1.807, 2.05) is 6.07 Å². The van der Waals surface area contributed by atoms with Crippen LogP contribution in [0.1, 0.15) is 17.2 Å². The Labute approximate surface area is 104 Å². The largest absolute Gasteiger partial charge is 0.388 e. The van der Waals surface area contributed by atoms with Crippen LogP contribution in [0.5, 0.6) is 0 Å². The summed E-state index contributed by atoms with van der Waals surface area (Å²) in [4.78, 5) is 7.89. The molecule has 88 valence electrons. The normalized spacial score (nSPS) is 12.4. The molecular weight excluding hydrogens is 238 g/mol. The molecule has 4 nitrogen and oxygen atoms in total. The molecule has 0 saturated carbocycles. The Morgan fingerprint density at radius 3 is 2.76 bits per heavy atom. The fraction of sp³-hybridized carbons (Fsp3) is 0.167. The lowest BCUT2D eigenvalue weighted by atomic mass is 10.0. The van der Waals surface area contributed by atoms with Crippen LogP contribution in [-0.4, -0.2) is 15.1 Å². The fourth-order valence-electron chi connectivity index (χ4n) is 1.53. The second-order valence-corrected chi connectivity index (χ2v) is 4.07. The maximum atomic E-state index is 10.0. The second-order valence-electron chi connectivity index (χ2n) is 3.68. The van der Waals surface area contributed by atoms with E-state index in [0.717, 1.165) is 5.56 Å². The van der Waals surface area contributed by atoms with E-state index in [0.29, 0.717) is 23.0 Å². The minimum Gasteiger partial charge on any atom is -0.388 e. The summed E-state index contributed by atoms with van der Waals surface area (Å²) in [5.74, 6) is 0.438. The van der Waals surface area contributed by atoms with Crippen molar-refractivity contribution in [1.82, 2.24) is 9.97 Å². The fourth-order valence-corrected chi connectivity index (χ4v) is 1.65. The summed E-state index contributed by atoms with van der Waals surface area (Å²) >= 11 is 5.68. The number of aromatic nitrogens is 2. The minimum absolute atomic E-state index is 0.404. The number of nitrogens with two attached hydrogens (primary N) is 1. The highest BCUT2D eigenvalue weighted by Gasteiger charge is 2.11. The van der Waals surface area contributed by atoms with Gasteiger partial charge in [-0.25, -0.2) is 9.97 Å². The van der Waals surface area contributed by atoms with Gasteiger partial charge in [0.1, 0.15) is 11.0 Å². The molecule has 0 aliphatic carbocycles. The van der Waals surface area contributed by atoms with Gasteiger partial charge in [-0.1, -0.05) is 23.7 Å². The number of aliphatic hydroxyl groups is 1. The van der Waals surface area contributed by atoms with E-state index in [1.54, 1.807) is 30.6 Å². The number of nitrogen functional groups attached to an aromatic ring is 1. The highest BCUT2D eigenvalue weighted by Crippen LogP contribution is 2.20. The molecule has 0 spiro atoms. The Morgan fingerprint density at radius 1 is 1.29 bits per heavy atom. The van der Waals surface area contributed by atoms with E-state index in [1.165, 1.54) is 0 Å². The molecule has 2 aromatic heterocycles. The number of pyridine rings is 2. The van der Waals surface area contributed by atoms with Gasteiger partial charge in [-0.3, -0.25) is 0 Å². The first-order chi connectivity index (χ1) is 8.16. The summed E-state index contributed by atoms with van der Waals surface area (Å²) in [5.41, 5.74) is 7.23. The van der Waals surface area contributed by atoms with Gasteiger partial charge in [0.25, 0.3) is 0 Å². The van der Waals surface area contributed by atoms with Crippen LogP contribution in [0.2, 0.25) is 5.15 Å². The monoisotopic (exact) mass is 249 g/mol. The van der Waals surface area contributed by atoms with Crippen molar-refractivity contribution in [2.24, 2.45) is 0 Å². The number of hydrogen-bond donors (Lipinski definition) is 2. The first-order valence-corrected chi connectivity index (χ1v) is 5.53. The predicted octanol–water partition coefficient (Wildman–Crippen LogP) is 1.99. The molecule has 0 fully saturated rings. The van der Waals surface area contributed by atoms with E-state index < -0.39 is 6.10 Å². The standard InChI is InChI=1S/C12H12ClN3O/c13-11-4-3-9(7-16-11)10(17)6-8-2-1-5-15-12(8)14/h1-5,7,10,17H,6H2,(H2,14,15). The van der Waals surface area contributed by atoms with Crippen LogP contribution in [0.3, 0.4) is 0 Å². The summed E-state index contributed by atoms with van der Waals surface area (Å²) in [5, 5.41) is 10.4. The zero-order valence-corrected chi connectivity index (χ0v) is 9.80. The Bertz CT molecular complexity index is 501. The molecule has 5 heteroatoms. The molecule has 1 unspecified atom stereocenters. The molecule has 0 aliphatic rings. The summed E-state index contributed by atoms with van der Waals surface area (Å²) in [6.07, 6.45) is 2.92. The highest BCUT2D eigenvalue weighted by molar-refractivity contribution is 6.29. The van der Waals surface area contributed by atoms with Gasteiger partial charge < -0.3 is 10.8 Å². The van der Waals surface area contributed by atoms with E-state index in [9.17, 15) is 5.11 Å². The van der Waals surface area contributed by atoms with Crippen molar-refractivity contribution < 1.29 is 5.11 Å². The van der Waals surface area contributed by atoms with Crippen LogP contribution in [0, 0.1) is 0 Å². The third kappa shape index (κ3) is 2.93. The number of rotatable bonds is 3. The molecule has 2 aromatic rings. The molecule has 0 saturated heterocycles. The van der Waals surface area contributed by atoms with Crippen molar-refractivity contribution in [3.63, 3.8) is 0 Å². The first-order valence-electron chi connectivity index (χ1n) is 5.15. The molecule has 0 amide bonds. The Kier molecular flexibility index (Phi) is 3.56. The molecule has 2 rings (SSSR count). The summed E-state index contributed by atoms with van der Waals surface area (Å²) in [7, 11) is 0. The smallest absolute Gasteiger partial charge is 0.129 e. The third-order valence-electron chi connectivity index (χ3n) is 2.47. The summed E-state index contributed by atoms with van der Waals surface area (Å²) < 4.78 is 0. The number of halogens is 1. The van der Waals surface area contributed by atoms with Crippen LogP contribution in [0.4, 0.5) is 5.82 Å². The van der Waals surface area contributed by atoms with E-state index in [2.05, 4.69) is 9.97 Å².